The van der Waals surface area contributed by atoms with Crippen molar-refractivity contribution in [3.63, 3.8) is 0 Å². The molecule has 0 spiro atoms. The topological polar surface area (TPSA) is 0 Å². The summed E-state index contributed by atoms with van der Waals surface area (Å²) in [4.78, 5) is 0.640. The van der Waals surface area contributed by atoms with Crippen LogP contribution in [0.1, 0.15) is 0 Å². The van der Waals surface area contributed by atoms with Gasteiger partial charge in [-0.25, -0.2) is 0 Å². The average Bonchev–Trinajstić information content (AvgIpc) is 1.80. The van der Waals surface area contributed by atoms with E-state index in [1.807, 2.05) is 0 Å². The molecule has 1 aromatic carbocycles. The molecule has 0 aromatic heterocycles. The van der Waals surface area contributed by atoms with Crippen molar-refractivity contribution in [2.24, 2.45) is 0 Å². The summed E-state index contributed by atoms with van der Waals surface area (Å²) in [5.41, 5.74) is 0. The summed E-state index contributed by atoms with van der Waals surface area (Å²) < 4.78 is 0. The first-order chi connectivity index (χ1) is 4.20. The van der Waals surface area contributed by atoms with Gasteiger partial charge < -0.3 is 12.6 Å². The molecule has 0 aliphatic heterocycles. The van der Waals surface area contributed by atoms with Crippen LogP contribution in [0.5, 0.6) is 0 Å². The fraction of sp³-hybridized carbons (Fsp3) is 0. The Labute approximate surface area is 97.6 Å². The maximum absolute atomic E-state index is 5.63. The van der Waals surface area contributed by atoms with E-state index < -0.39 is 0 Å². The van der Waals surface area contributed by atoms with Gasteiger partial charge in [0.1, 0.15) is 0 Å². The van der Waals surface area contributed by atoms with E-state index in [1.54, 1.807) is 18.2 Å². The van der Waals surface area contributed by atoms with Crippen molar-refractivity contribution < 1.29 is 29.6 Å². The Morgan fingerprint density at radius 1 is 1.20 bits per heavy atom. The first kappa shape index (κ1) is 11.0. The van der Waals surface area contributed by atoms with Crippen LogP contribution < -0.4 is 29.6 Å². The molecule has 48 valence electrons. The molecule has 4 heteroatoms. The van der Waals surface area contributed by atoms with Gasteiger partial charge in [-0.1, -0.05) is 29.3 Å². The smallest absolute Gasteiger partial charge is 0.778 e. The monoisotopic (exact) mass is 200 g/mol. The van der Waals surface area contributed by atoms with Gasteiger partial charge >= 0.3 is 29.6 Å². The zero-order chi connectivity index (χ0) is 6.85. The van der Waals surface area contributed by atoms with E-state index in [0.717, 1.165) is 0 Å². The number of benzene rings is 1. The molecule has 0 N–H and O–H groups in total. The molecule has 0 amide bonds. The molecule has 0 unspecified atom stereocenters. The van der Waals surface area contributed by atoms with Crippen molar-refractivity contribution in [3.8, 4) is 0 Å². The van der Waals surface area contributed by atoms with Gasteiger partial charge in [-0.15, -0.1) is 0 Å². The van der Waals surface area contributed by atoms with Gasteiger partial charge in [0.15, 0.2) is 0 Å². The van der Waals surface area contributed by atoms with Crippen molar-refractivity contribution in [2.75, 3.05) is 0 Å². The Morgan fingerprint density at radius 3 is 2.20 bits per heavy atom. The third-order valence-corrected chi connectivity index (χ3v) is 1.91. The Balaban J connectivity index is 0.000000810. The molecule has 1 aromatic rings. The minimum absolute atomic E-state index is 0. The summed E-state index contributed by atoms with van der Waals surface area (Å²) in [6.07, 6.45) is 0. The Hall–Kier alpha value is 1.02. The second kappa shape index (κ2) is 4.81. The largest absolute Gasteiger partial charge is 1.00 e. The summed E-state index contributed by atoms with van der Waals surface area (Å²) in [6, 6.07) is 5.06. The maximum atomic E-state index is 5.63. The quantitative estimate of drug-likeness (QED) is 0.417. The second-order valence-corrected chi connectivity index (χ2v) is 2.86. The van der Waals surface area contributed by atoms with E-state index in [4.69, 9.17) is 35.8 Å². The van der Waals surface area contributed by atoms with E-state index in [2.05, 4.69) is 0 Å². The van der Waals surface area contributed by atoms with Crippen LogP contribution in [0, 0.1) is 0 Å². The van der Waals surface area contributed by atoms with Crippen molar-refractivity contribution >= 4 is 35.8 Å². The van der Waals surface area contributed by atoms with Crippen LogP contribution in [0.2, 0.25) is 10.0 Å². The van der Waals surface area contributed by atoms with Crippen LogP contribution >= 0.6 is 23.2 Å². The normalized spacial score (nSPS) is 8.60. The first-order valence-corrected chi connectivity index (χ1v) is 3.48. The predicted octanol–water partition coefficient (Wildman–Crippen LogP) is -0.0968. The third-order valence-electron chi connectivity index (χ3n) is 0.894. The van der Waals surface area contributed by atoms with Crippen LogP contribution in [0.15, 0.2) is 23.1 Å². The van der Waals surface area contributed by atoms with Crippen LogP contribution in [-0.4, -0.2) is 0 Å². The summed E-state index contributed by atoms with van der Waals surface area (Å²) in [5.74, 6) is 0. The van der Waals surface area contributed by atoms with Gasteiger partial charge in [0, 0.05) is 10.0 Å². The van der Waals surface area contributed by atoms with Gasteiger partial charge in [-0.2, -0.15) is 4.90 Å². The zero-order valence-electron chi connectivity index (χ0n) is 5.40. The molecule has 0 heterocycles. The molecule has 0 nitrogen and oxygen atoms in total. The molecule has 0 fully saturated rings. The van der Waals surface area contributed by atoms with Crippen molar-refractivity contribution in [1.82, 2.24) is 0 Å². The molecule has 0 atom stereocenters. The van der Waals surface area contributed by atoms with Crippen molar-refractivity contribution in [2.45, 2.75) is 4.90 Å². The predicted molar refractivity (Wildman–Crippen MR) is 42.1 cm³/mol. The molecule has 1 rings (SSSR count). The standard InChI is InChI=1S/C6H4Cl2S.Na/c7-4-1-2-6(9)5(8)3-4;/h1-3,9H;/q;+1/p-1. The molecule has 10 heavy (non-hydrogen) atoms. The molecular weight excluding hydrogens is 198 g/mol. The fourth-order valence-electron chi connectivity index (χ4n) is 0.475. The number of halogens is 2. The Morgan fingerprint density at radius 2 is 1.80 bits per heavy atom. The van der Waals surface area contributed by atoms with E-state index in [1.165, 1.54) is 0 Å². The number of hydrogen-bond acceptors (Lipinski definition) is 1. The molecule has 0 aliphatic carbocycles. The van der Waals surface area contributed by atoms with Gasteiger partial charge in [0.25, 0.3) is 0 Å². The zero-order valence-corrected chi connectivity index (χ0v) is 9.72. The van der Waals surface area contributed by atoms with Gasteiger partial charge in [-0.05, 0) is 12.1 Å². The molecule has 0 bridgehead atoms. The summed E-state index contributed by atoms with van der Waals surface area (Å²) in [7, 11) is 0. The molecule has 0 radical (unpaired) electrons. The van der Waals surface area contributed by atoms with Crippen LogP contribution in [0.4, 0.5) is 0 Å². The summed E-state index contributed by atoms with van der Waals surface area (Å²) in [6.45, 7) is 0. The molecule has 0 saturated heterocycles. The van der Waals surface area contributed by atoms with E-state index >= 15 is 0 Å². The number of rotatable bonds is 0. The molecular formula is C6H3Cl2NaS. The summed E-state index contributed by atoms with van der Waals surface area (Å²) in [5, 5.41) is 1.16. The van der Waals surface area contributed by atoms with Crippen LogP contribution in [0.25, 0.3) is 0 Å². The minimum atomic E-state index is 0. The van der Waals surface area contributed by atoms with Gasteiger partial charge in [0.05, 0.1) is 0 Å². The van der Waals surface area contributed by atoms with Gasteiger partial charge in [-0.3, -0.25) is 0 Å². The minimum Gasteiger partial charge on any atom is -0.778 e. The fourth-order valence-corrected chi connectivity index (χ4v) is 1.01. The summed E-state index contributed by atoms with van der Waals surface area (Å²) >= 11 is 16.0. The van der Waals surface area contributed by atoms with E-state index in [9.17, 15) is 0 Å². The molecule has 0 saturated carbocycles. The maximum Gasteiger partial charge on any atom is 1.00 e. The Kier molecular flexibility index (Phi) is 5.30. The Bertz CT molecular complexity index is 227. The second-order valence-electron chi connectivity index (χ2n) is 1.57. The van der Waals surface area contributed by atoms with E-state index in [0.29, 0.717) is 14.9 Å². The van der Waals surface area contributed by atoms with Crippen LogP contribution in [0.3, 0.4) is 0 Å². The average molecular weight is 201 g/mol. The van der Waals surface area contributed by atoms with Crippen LogP contribution in [-0.2, 0) is 12.6 Å². The third kappa shape index (κ3) is 2.95. The number of hydrogen-bond donors (Lipinski definition) is 0. The van der Waals surface area contributed by atoms with Crippen molar-refractivity contribution in [1.29, 1.82) is 0 Å². The molecule has 0 aliphatic rings. The van der Waals surface area contributed by atoms with Gasteiger partial charge in [0.2, 0.25) is 0 Å². The SMILES string of the molecule is [Na+].[S-]c1ccc(Cl)cc1Cl. The van der Waals surface area contributed by atoms with Crippen molar-refractivity contribution in [3.05, 3.63) is 28.2 Å². The first-order valence-electron chi connectivity index (χ1n) is 2.32. The van der Waals surface area contributed by atoms with E-state index in [-0.39, 0.29) is 29.6 Å².